The normalized spacial score (nSPS) is 27.9. The van der Waals surface area contributed by atoms with Crippen molar-refractivity contribution in [2.45, 2.75) is 44.6 Å². The number of amides is 1. The predicted molar refractivity (Wildman–Crippen MR) is 82.8 cm³/mol. The number of aromatic nitrogens is 1. The van der Waals surface area contributed by atoms with E-state index < -0.39 is 0 Å². The molecule has 0 bridgehead atoms. The van der Waals surface area contributed by atoms with Crippen molar-refractivity contribution in [3.8, 4) is 0 Å². The molecule has 1 amide bonds. The van der Waals surface area contributed by atoms with Crippen molar-refractivity contribution in [3.63, 3.8) is 0 Å². The molecule has 1 saturated carbocycles. The van der Waals surface area contributed by atoms with Crippen molar-refractivity contribution in [1.29, 1.82) is 0 Å². The first-order chi connectivity index (χ1) is 11.0. The minimum absolute atomic E-state index is 0.00857. The van der Waals surface area contributed by atoms with Gasteiger partial charge in [-0.15, -0.1) is 0 Å². The second-order valence-corrected chi connectivity index (χ2v) is 6.52. The van der Waals surface area contributed by atoms with Gasteiger partial charge in [0.05, 0.1) is 24.5 Å². The van der Waals surface area contributed by atoms with Crippen molar-refractivity contribution >= 4 is 5.91 Å². The molecule has 2 fully saturated rings. The number of hydrogen-bond acceptors (Lipinski definition) is 6. The Morgan fingerprint density at radius 1 is 1.48 bits per heavy atom. The lowest BCUT2D eigenvalue weighted by Crippen LogP contribution is -2.51. The molecule has 7 heteroatoms. The number of rotatable bonds is 5. The molecule has 7 nitrogen and oxygen atoms in total. The van der Waals surface area contributed by atoms with Crippen molar-refractivity contribution in [3.05, 3.63) is 17.5 Å². The van der Waals surface area contributed by atoms with E-state index in [0.29, 0.717) is 12.6 Å². The van der Waals surface area contributed by atoms with E-state index in [4.69, 9.17) is 14.0 Å². The SMILES string of the molecule is Cc1cc(CN2CCO[C@@H]3[C@H]2CC[C@H]3OCC(=O)N(C)C)no1. The van der Waals surface area contributed by atoms with Gasteiger partial charge in [0.25, 0.3) is 0 Å². The molecule has 23 heavy (non-hydrogen) atoms. The maximum absolute atomic E-state index is 11.7. The van der Waals surface area contributed by atoms with E-state index in [-0.39, 0.29) is 24.7 Å². The summed E-state index contributed by atoms with van der Waals surface area (Å²) in [6.45, 7) is 4.35. The number of ether oxygens (including phenoxy) is 2. The Morgan fingerprint density at radius 2 is 2.30 bits per heavy atom. The van der Waals surface area contributed by atoms with E-state index in [0.717, 1.165) is 37.4 Å². The van der Waals surface area contributed by atoms with Crippen molar-refractivity contribution in [1.82, 2.24) is 15.0 Å². The van der Waals surface area contributed by atoms with E-state index in [1.54, 1.807) is 19.0 Å². The molecule has 0 unspecified atom stereocenters. The highest BCUT2D eigenvalue weighted by molar-refractivity contribution is 5.76. The molecule has 2 aliphatic rings. The fraction of sp³-hybridized carbons (Fsp3) is 0.750. The van der Waals surface area contributed by atoms with Gasteiger partial charge < -0.3 is 18.9 Å². The van der Waals surface area contributed by atoms with Crippen LogP contribution in [-0.4, -0.2) is 73.0 Å². The van der Waals surface area contributed by atoms with Crippen LogP contribution in [0.1, 0.15) is 24.3 Å². The van der Waals surface area contributed by atoms with Crippen LogP contribution in [0, 0.1) is 6.92 Å². The number of likely N-dealkylation sites (N-methyl/N-ethyl adjacent to an activating group) is 1. The lowest BCUT2D eigenvalue weighted by Gasteiger charge is -2.38. The number of morpholine rings is 1. The Hall–Kier alpha value is -1.44. The fourth-order valence-electron chi connectivity index (χ4n) is 3.37. The Kier molecular flexibility index (Phi) is 4.99. The Balaban J connectivity index is 1.57. The van der Waals surface area contributed by atoms with Crippen molar-refractivity contribution in [2.75, 3.05) is 33.9 Å². The average Bonchev–Trinajstić information content (AvgIpc) is 3.11. The van der Waals surface area contributed by atoms with E-state index >= 15 is 0 Å². The van der Waals surface area contributed by atoms with Crippen molar-refractivity contribution < 1.29 is 18.8 Å². The number of nitrogens with zero attached hydrogens (tertiary/aromatic N) is 3. The third-order valence-corrected chi connectivity index (χ3v) is 4.61. The number of carbonyl (C=O) groups is 1. The number of fused-ring (bicyclic) bond motifs is 1. The van der Waals surface area contributed by atoms with Crippen LogP contribution in [0.4, 0.5) is 0 Å². The Labute approximate surface area is 136 Å². The topological polar surface area (TPSA) is 68.0 Å². The zero-order valence-electron chi connectivity index (χ0n) is 14.0. The molecule has 1 aromatic rings. The molecule has 1 aliphatic carbocycles. The molecular formula is C16H25N3O4. The van der Waals surface area contributed by atoms with Crippen LogP contribution in [-0.2, 0) is 20.8 Å². The Morgan fingerprint density at radius 3 is 3.00 bits per heavy atom. The third kappa shape index (κ3) is 3.73. The van der Waals surface area contributed by atoms with Gasteiger partial charge in [-0.2, -0.15) is 0 Å². The molecule has 0 aromatic carbocycles. The van der Waals surface area contributed by atoms with Gasteiger partial charge in [0, 0.05) is 39.3 Å². The summed E-state index contributed by atoms with van der Waals surface area (Å²) in [6, 6.07) is 2.29. The minimum atomic E-state index is -0.0146. The van der Waals surface area contributed by atoms with E-state index in [9.17, 15) is 4.79 Å². The molecule has 1 aromatic heterocycles. The fourth-order valence-corrected chi connectivity index (χ4v) is 3.37. The maximum Gasteiger partial charge on any atom is 0.248 e. The summed E-state index contributed by atoms with van der Waals surface area (Å²) in [7, 11) is 3.48. The number of carbonyl (C=O) groups excluding carboxylic acids is 1. The van der Waals surface area contributed by atoms with Gasteiger partial charge in [0.1, 0.15) is 12.4 Å². The number of hydrogen-bond donors (Lipinski definition) is 0. The summed E-state index contributed by atoms with van der Waals surface area (Å²) in [4.78, 5) is 15.6. The lowest BCUT2D eigenvalue weighted by atomic mass is 10.1. The zero-order valence-corrected chi connectivity index (χ0v) is 14.0. The van der Waals surface area contributed by atoms with E-state index in [2.05, 4.69) is 10.1 Å². The average molecular weight is 323 g/mol. The molecule has 0 spiro atoms. The maximum atomic E-state index is 11.7. The summed E-state index contributed by atoms with van der Waals surface area (Å²) in [5.41, 5.74) is 0.954. The van der Waals surface area contributed by atoms with Gasteiger partial charge in [-0.1, -0.05) is 5.16 Å². The molecule has 0 radical (unpaired) electrons. The first-order valence-corrected chi connectivity index (χ1v) is 8.14. The largest absolute Gasteiger partial charge is 0.373 e. The van der Waals surface area contributed by atoms with Crippen LogP contribution in [0.3, 0.4) is 0 Å². The van der Waals surface area contributed by atoms with Gasteiger partial charge >= 0.3 is 0 Å². The highest BCUT2D eigenvalue weighted by atomic mass is 16.5. The van der Waals surface area contributed by atoms with Crippen LogP contribution in [0.2, 0.25) is 0 Å². The highest BCUT2D eigenvalue weighted by Crippen LogP contribution is 2.32. The van der Waals surface area contributed by atoms with E-state index in [1.807, 2.05) is 13.0 Å². The summed E-state index contributed by atoms with van der Waals surface area (Å²) >= 11 is 0. The molecule has 2 heterocycles. The summed E-state index contributed by atoms with van der Waals surface area (Å²) < 4.78 is 16.9. The first kappa shape index (κ1) is 16.4. The van der Waals surface area contributed by atoms with Gasteiger partial charge in [0.2, 0.25) is 5.91 Å². The second-order valence-electron chi connectivity index (χ2n) is 6.52. The predicted octanol–water partition coefficient (Wildman–Crippen LogP) is 0.820. The summed E-state index contributed by atoms with van der Waals surface area (Å²) in [5, 5.41) is 4.08. The van der Waals surface area contributed by atoms with Crippen LogP contribution < -0.4 is 0 Å². The molecule has 3 atom stereocenters. The quantitative estimate of drug-likeness (QED) is 0.799. The van der Waals surface area contributed by atoms with Crippen LogP contribution >= 0.6 is 0 Å². The molecule has 128 valence electrons. The second kappa shape index (κ2) is 6.98. The zero-order chi connectivity index (χ0) is 16.4. The molecule has 0 N–H and O–H groups in total. The monoisotopic (exact) mass is 323 g/mol. The summed E-state index contributed by atoms with van der Waals surface area (Å²) in [6.07, 6.45) is 1.96. The van der Waals surface area contributed by atoms with Gasteiger partial charge in [-0.25, -0.2) is 0 Å². The molecular weight excluding hydrogens is 298 g/mol. The van der Waals surface area contributed by atoms with Crippen LogP contribution in [0.25, 0.3) is 0 Å². The molecule has 1 saturated heterocycles. The highest BCUT2D eigenvalue weighted by Gasteiger charge is 2.43. The molecule has 3 rings (SSSR count). The van der Waals surface area contributed by atoms with Crippen LogP contribution in [0.15, 0.2) is 10.6 Å². The summed E-state index contributed by atoms with van der Waals surface area (Å²) in [5.74, 6) is 0.818. The van der Waals surface area contributed by atoms with Crippen molar-refractivity contribution in [2.24, 2.45) is 0 Å². The van der Waals surface area contributed by atoms with Gasteiger partial charge in [-0.3, -0.25) is 9.69 Å². The standard InChI is InChI=1S/C16H25N3O4/c1-11-8-12(17-23-11)9-19-6-7-21-16-13(19)4-5-14(16)22-10-15(20)18(2)3/h8,13-14,16H,4-7,9-10H2,1-3H3/t13-,14-,16-/m1/s1. The minimum Gasteiger partial charge on any atom is -0.373 e. The van der Waals surface area contributed by atoms with Crippen LogP contribution in [0.5, 0.6) is 0 Å². The smallest absolute Gasteiger partial charge is 0.248 e. The third-order valence-electron chi connectivity index (χ3n) is 4.61. The van der Waals surface area contributed by atoms with E-state index in [1.165, 1.54) is 0 Å². The first-order valence-electron chi connectivity index (χ1n) is 8.14. The lowest BCUT2D eigenvalue weighted by molar-refractivity contribution is -0.144. The number of aryl methyl sites for hydroxylation is 1. The van der Waals surface area contributed by atoms with Gasteiger partial charge in [0.15, 0.2) is 0 Å². The van der Waals surface area contributed by atoms with Gasteiger partial charge in [-0.05, 0) is 19.8 Å². The molecule has 1 aliphatic heterocycles. The Bertz CT molecular complexity index is 545.